The van der Waals surface area contributed by atoms with Crippen LogP contribution in [0.3, 0.4) is 0 Å². The molecule has 2 saturated carbocycles. The summed E-state index contributed by atoms with van der Waals surface area (Å²) in [5, 5.41) is 0. The summed E-state index contributed by atoms with van der Waals surface area (Å²) >= 11 is 0. The van der Waals surface area contributed by atoms with Crippen molar-refractivity contribution in [2.45, 2.75) is 38.7 Å². The fraction of sp³-hybridized carbons (Fsp3) is 0.900. The molecule has 2 nitrogen and oxygen atoms in total. The second-order valence-electron chi connectivity index (χ2n) is 4.64. The first-order chi connectivity index (χ1) is 5.53. The van der Waals surface area contributed by atoms with E-state index in [9.17, 15) is 4.79 Å². The Labute approximate surface area is 73.3 Å². The monoisotopic (exact) mass is 168 g/mol. The van der Waals surface area contributed by atoms with Crippen molar-refractivity contribution in [2.24, 2.45) is 11.3 Å². The van der Waals surface area contributed by atoms with E-state index >= 15 is 0 Å². The molecule has 2 aliphatic carbocycles. The minimum Gasteiger partial charge on any atom is -0.370 e. The van der Waals surface area contributed by atoms with E-state index in [0.29, 0.717) is 11.7 Å². The molecule has 0 saturated heterocycles. The normalized spacial score (nSPS) is 51.9. The molecule has 0 aromatic rings. The summed E-state index contributed by atoms with van der Waals surface area (Å²) in [6.45, 7) is 4.03. The number of carbonyl (C=O) groups excluding carboxylic acids is 1. The number of Topliss-reactive ketones (excluding diaryl/α,β-unsaturated/α-hetero) is 1. The molecule has 0 amide bonds. The van der Waals surface area contributed by atoms with Gasteiger partial charge < -0.3 is 4.74 Å². The molecule has 12 heavy (non-hydrogen) atoms. The fourth-order valence-electron chi connectivity index (χ4n) is 2.96. The van der Waals surface area contributed by atoms with Crippen molar-refractivity contribution in [1.82, 2.24) is 0 Å². The maximum atomic E-state index is 11.9. The second kappa shape index (κ2) is 2.11. The van der Waals surface area contributed by atoms with Gasteiger partial charge in [-0.25, -0.2) is 0 Å². The first-order valence-corrected chi connectivity index (χ1v) is 4.63. The minimum absolute atomic E-state index is 0.0601. The summed E-state index contributed by atoms with van der Waals surface area (Å²) in [6, 6.07) is 0. The third-order valence-electron chi connectivity index (χ3n) is 3.94. The molecule has 3 atom stereocenters. The summed E-state index contributed by atoms with van der Waals surface area (Å²) in [6.07, 6.45) is 3.26. The first kappa shape index (κ1) is 8.24. The van der Waals surface area contributed by atoms with Gasteiger partial charge in [0.2, 0.25) is 0 Å². The van der Waals surface area contributed by atoms with Crippen LogP contribution >= 0.6 is 0 Å². The Hall–Kier alpha value is -0.370. The van der Waals surface area contributed by atoms with Crippen LogP contribution in [-0.4, -0.2) is 18.5 Å². The van der Waals surface area contributed by atoms with Crippen LogP contribution < -0.4 is 0 Å². The highest BCUT2D eigenvalue weighted by Crippen LogP contribution is 2.56. The van der Waals surface area contributed by atoms with Gasteiger partial charge in [0.1, 0.15) is 5.60 Å². The van der Waals surface area contributed by atoms with Crippen LogP contribution in [0.5, 0.6) is 0 Å². The summed E-state index contributed by atoms with van der Waals surface area (Å²) in [5.74, 6) is 0.800. The van der Waals surface area contributed by atoms with Gasteiger partial charge in [0, 0.05) is 12.5 Å². The molecular formula is C10H16O2. The zero-order valence-electron chi connectivity index (χ0n) is 8.02. The van der Waals surface area contributed by atoms with E-state index in [2.05, 4.69) is 6.92 Å². The molecule has 68 valence electrons. The molecule has 2 bridgehead atoms. The number of carbonyl (C=O) groups is 1. The molecule has 0 spiro atoms. The summed E-state index contributed by atoms with van der Waals surface area (Å²) in [4.78, 5) is 11.9. The zero-order chi connectivity index (χ0) is 8.98. The van der Waals surface area contributed by atoms with Gasteiger partial charge in [-0.3, -0.25) is 4.79 Å². The lowest BCUT2D eigenvalue weighted by Crippen LogP contribution is -2.45. The van der Waals surface area contributed by atoms with Crippen molar-refractivity contribution >= 4 is 5.78 Å². The van der Waals surface area contributed by atoms with E-state index in [1.54, 1.807) is 7.11 Å². The van der Waals surface area contributed by atoms with E-state index in [1.165, 1.54) is 0 Å². The van der Waals surface area contributed by atoms with E-state index < -0.39 is 5.60 Å². The van der Waals surface area contributed by atoms with Crippen molar-refractivity contribution in [3.05, 3.63) is 0 Å². The highest BCUT2D eigenvalue weighted by atomic mass is 16.5. The van der Waals surface area contributed by atoms with Crippen molar-refractivity contribution < 1.29 is 9.53 Å². The standard InChI is InChI=1S/C10H16O2/c1-9-5-4-7(6-9)10(2,12-3)8(9)11/h7H,4-6H2,1-3H3/t7-,9+,10-/m0/s1. The van der Waals surface area contributed by atoms with Crippen LogP contribution in [0.4, 0.5) is 0 Å². The van der Waals surface area contributed by atoms with Gasteiger partial charge in [-0.2, -0.15) is 0 Å². The fourth-order valence-corrected chi connectivity index (χ4v) is 2.96. The topological polar surface area (TPSA) is 26.3 Å². The minimum atomic E-state index is -0.465. The molecule has 2 rings (SSSR count). The number of ketones is 1. The number of methoxy groups -OCH3 is 1. The lowest BCUT2D eigenvalue weighted by molar-refractivity contribution is -0.148. The maximum absolute atomic E-state index is 11.9. The Morgan fingerprint density at radius 3 is 2.50 bits per heavy atom. The number of rotatable bonds is 1. The lowest BCUT2D eigenvalue weighted by atomic mass is 9.78. The van der Waals surface area contributed by atoms with E-state index in [0.717, 1.165) is 19.3 Å². The molecule has 0 unspecified atom stereocenters. The number of ether oxygens (including phenoxy) is 1. The summed E-state index contributed by atoms with van der Waals surface area (Å²) in [5.41, 5.74) is -0.525. The maximum Gasteiger partial charge on any atom is 0.170 e. The largest absolute Gasteiger partial charge is 0.370 e. The predicted molar refractivity (Wildman–Crippen MR) is 45.9 cm³/mol. The molecule has 2 heteroatoms. The van der Waals surface area contributed by atoms with Crippen molar-refractivity contribution in [1.29, 1.82) is 0 Å². The van der Waals surface area contributed by atoms with Gasteiger partial charge >= 0.3 is 0 Å². The predicted octanol–water partition coefficient (Wildman–Crippen LogP) is 1.78. The van der Waals surface area contributed by atoms with Crippen molar-refractivity contribution in [2.75, 3.05) is 7.11 Å². The summed E-state index contributed by atoms with van der Waals surface area (Å²) < 4.78 is 5.36. The van der Waals surface area contributed by atoms with E-state index in [1.807, 2.05) is 6.92 Å². The van der Waals surface area contributed by atoms with Gasteiger partial charge in [0.25, 0.3) is 0 Å². The number of hydrogen-bond donors (Lipinski definition) is 0. The van der Waals surface area contributed by atoms with Crippen molar-refractivity contribution in [3.8, 4) is 0 Å². The van der Waals surface area contributed by atoms with Gasteiger partial charge in [0.05, 0.1) is 0 Å². The Morgan fingerprint density at radius 1 is 1.50 bits per heavy atom. The molecule has 0 heterocycles. The quantitative estimate of drug-likeness (QED) is 0.596. The highest BCUT2D eigenvalue weighted by molar-refractivity contribution is 5.95. The molecule has 2 aliphatic rings. The van der Waals surface area contributed by atoms with E-state index in [4.69, 9.17) is 4.74 Å². The van der Waals surface area contributed by atoms with Crippen LogP contribution in [0.25, 0.3) is 0 Å². The van der Waals surface area contributed by atoms with Crippen LogP contribution in [0.15, 0.2) is 0 Å². The Morgan fingerprint density at radius 2 is 2.17 bits per heavy atom. The smallest absolute Gasteiger partial charge is 0.170 e. The SMILES string of the molecule is CO[C@]1(C)C(=O)[C@]2(C)CC[C@H]1C2. The number of hydrogen-bond acceptors (Lipinski definition) is 2. The first-order valence-electron chi connectivity index (χ1n) is 4.63. The zero-order valence-corrected chi connectivity index (χ0v) is 8.02. The average Bonchev–Trinajstić information content (AvgIpc) is 2.52. The average molecular weight is 168 g/mol. The molecule has 0 aliphatic heterocycles. The molecule has 2 fully saturated rings. The Bertz CT molecular complexity index is 236. The van der Waals surface area contributed by atoms with Gasteiger partial charge in [0.15, 0.2) is 5.78 Å². The van der Waals surface area contributed by atoms with Crippen LogP contribution in [0, 0.1) is 11.3 Å². The van der Waals surface area contributed by atoms with Crippen molar-refractivity contribution in [3.63, 3.8) is 0 Å². The molecule has 0 aromatic carbocycles. The van der Waals surface area contributed by atoms with E-state index in [-0.39, 0.29) is 5.41 Å². The van der Waals surface area contributed by atoms with Gasteiger partial charge in [-0.05, 0) is 32.1 Å². The Balaban J connectivity index is 2.38. The van der Waals surface area contributed by atoms with Crippen LogP contribution in [0.1, 0.15) is 33.1 Å². The lowest BCUT2D eigenvalue weighted by Gasteiger charge is -2.33. The molecule has 0 aromatic heterocycles. The van der Waals surface area contributed by atoms with Gasteiger partial charge in [-0.15, -0.1) is 0 Å². The van der Waals surface area contributed by atoms with Gasteiger partial charge in [-0.1, -0.05) is 6.92 Å². The van der Waals surface area contributed by atoms with Crippen LogP contribution in [-0.2, 0) is 9.53 Å². The van der Waals surface area contributed by atoms with Crippen LogP contribution in [0.2, 0.25) is 0 Å². The second-order valence-corrected chi connectivity index (χ2v) is 4.64. The molecular weight excluding hydrogens is 152 g/mol. The summed E-state index contributed by atoms with van der Waals surface area (Å²) in [7, 11) is 1.65. The Kier molecular flexibility index (Phi) is 1.45. The highest BCUT2D eigenvalue weighted by Gasteiger charge is 2.61. The number of fused-ring (bicyclic) bond motifs is 2. The molecule has 0 radical (unpaired) electrons. The molecule has 0 N–H and O–H groups in total. The third-order valence-corrected chi connectivity index (χ3v) is 3.94. The third kappa shape index (κ3) is 0.717.